The van der Waals surface area contributed by atoms with Crippen molar-refractivity contribution in [2.45, 2.75) is 53.4 Å². The minimum atomic E-state index is 0.877. The Bertz CT molecular complexity index is 756. The van der Waals surface area contributed by atoms with Gasteiger partial charge in [0.15, 0.2) is 0 Å². The Morgan fingerprint density at radius 3 is 2.16 bits per heavy atom. The van der Waals surface area contributed by atoms with Crippen molar-refractivity contribution in [1.29, 1.82) is 0 Å². The number of H-pyrrole nitrogens is 1. The van der Waals surface area contributed by atoms with E-state index in [1.165, 1.54) is 25.7 Å². The molecular formula is C22H29N3. The van der Waals surface area contributed by atoms with E-state index >= 15 is 0 Å². The van der Waals surface area contributed by atoms with Gasteiger partial charge in [0.2, 0.25) is 0 Å². The monoisotopic (exact) mass is 335 g/mol. The first-order valence-electron chi connectivity index (χ1n) is 9.21. The summed E-state index contributed by atoms with van der Waals surface area (Å²) in [6, 6.07) is 14.2. The number of nitrogens with one attached hydrogen (secondary N) is 1. The van der Waals surface area contributed by atoms with E-state index < -0.39 is 0 Å². The topological polar surface area (TPSA) is 41.6 Å². The van der Waals surface area contributed by atoms with E-state index in [-0.39, 0.29) is 0 Å². The predicted octanol–water partition coefficient (Wildman–Crippen LogP) is 6.34. The molecule has 0 fully saturated rings. The maximum Gasteiger partial charge on any atom is 0.140 e. The molecule has 0 aliphatic carbocycles. The van der Waals surface area contributed by atoms with Gasteiger partial charge in [0, 0.05) is 28.7 Å². The molecule has 3 aromatic rings. The molecule has 0 aliphatic rings. The lowest BCUT2D eigenvalue weighted by Gasteiger charge is -1.99. The smallest absolute Gasteiger partial charge is 0.140 e. The van der Waals surface area contributed by atoms with Gasteiger partial charge in [-0.25, -0.2) is 4.98 Å². The Kier molecular flexibility index (Phi) is 7.39. The molecule has 0 amide bonds. The van der Waals surface area contributed by atoms with Gasteiger partial charge in [0.1, 0.15) is 5.82 Å². The van der Waals surface area contributed by atoms with E-state index in [2.05, 4.69) is 35.9 Å². The van der Waals surface area contributed by atoms with Gasteiger partial charge < -0.3 is 4.98 Å². The Hall–Kier alpha value is -2.42. The van der Waals surface area contributed by atoms with Crippen molar-refractivity contribution in [2.24, 2.45) is 0 Å². The Morgan fingerprint density at radius 1 is 0.880 bits per heavy atom. The average molecular weight is 335 g/mol. The van der Waals surface area contributed by atoms with Crippen LogP contribution in [0.5, 0.6) is 0 Å². The van der Waals surface area contributed by atoms with Gasteiger partial charge >= 0.3 is 0 Å². The highest BCUT2D eigenvalue weighted by atomic mass is 14.9. The number of hydrogen-bond acceptors (Lipinski definition) is 2. The minimum Gasteiger partial charge on any atom is -0.341 e. The Labute approximate surface area is 151 Å². The zero-order chi connectivity index (χ0) is 18.1. The van der Waals surface area contributed by atoms with Crippen molar-refractivity contribution in [3.8, 4) is 22.6 Å². The van der Waals surface area contributed by atoms with E-state index in [1.54, 1.807) is 6.20 Å². The number of aryl methyl sites for hydroxylation is 2. The van der Waals surface area contributed by atoms with E-state index in [0.717, 1.165) is 34.0 Å². The first-order chi connectivity index (χ1) is 12.2. The number of unbranched alkanes of at least 4 members (excludes halogenated alkanes) is 3. The first-order valence-corrected chi connectivity index (χ1v) is 9.21. The molecule has 2 aromatic heterocycles. The van der Waals surface area contributed by atoms with Crippen LogP contribution in [0.15, 0.2) is 48.7 Å². The summed E-state index contributed by atoms with van der Waals surface area (Å²) in [4.78, 5) is 12.4. The second-order valence-corrected chi connectivity index (χ2v) is 6.27. The van der Waals surface area contributed by atoms with Gasteiger partial charge in [-0.05, 0) is 26.0 Å². The van der Waals surface area contributed by atoms with E-state index in [1.807, 2.05) is 44.2 Å². The van der Waals surface area contributed by atoms with E-state index in [9.17, 15) is 0 Å². The number of aromatic amines is 1. The van der Waals surface area contributed by atoms with Crippen LogP contribution in [0.2, 0.25) is 0 Å². The molecule has 0 unspecified atom stereocenters. The lowest BCUT2D eigenvalue weighted by molar-refractivity contribution is 0.702. The van der Waals surface area contributed by atoms with Crippen LogP contribution in [0, 0.1) is 13.8 Å². The van der Waals surface area contributed by atoms with Crippen molar-refractivity contribution in [1.82, 2.24) is 15.0 Å². The van der Waals surface area contributed by atoms with Gasteiger partial charge in [-0.15, -0.1) is 0 Å². The van der Waals surface area contributed by atoms with Crippen LogP contribution in [0.4, 0.5) is 0 Å². The minimum absolute atomic E-state index is 0.877. The van der Waals surface area contributed by atoms with Gasteiger partial charge in [-0.3, -0.25) is 4.98 Å². The van der Waals surface area contributed by atoms with Gasteiger partial charge in [0.05, 0.1) is 5.69 Å². The first kappa shape index (κ1) is 18.9. The Balaban J connectivity index is 0.000000326. The fourth-order valence-electron chi connectivity index (χ4n) is 2.70. The second kappa shape index (κ2) is 9.77. The molecule has 3 nitrogen and oxygen atoms in total. The zero-order valence-electron chi connectivity index (χ0n) is 15.8. The lowest BCUT2D eigenvalue weighted by atomic mass is 10.1. The lowest BCUT2D eigenvalue weighted by Crippen LogP contribution is -1.88. The summed E-state index contributed by atoms with van der Waals surface area (Å²) < 4.78 is 0. The van der Waals surface area contributed by atoms with Crippen molar-refractivity contribution < 1.29 is 0 Å². The summed E-state index contributed by atoms with van der Waals surface area (Å²) in [7, 11) is 0. The maximum absolute atomic E-state index is 4.72. The Morgan fingerprint density at radius 2 is 1.56 bits per heavy atom. The fraction of sp³-hybridized carbons (Fsp3) is 0.364. The summed E-state index contributed by atoms with van der Waals surface area (Å²) in [5.41, 5.74) is 5.23. The highest BCUT2D eigenvalue weighted by molar-refractivity contribution is 5.67. The number of pyridine rings is 1. The SMILES string of the molecule is CCCCCC.Cc1ncccc1-c1nc(-c2ccccc2)c(C)[nH]1. The molecular weight excluding hydrogens is 306 g/mol. The summed E-state index contributed by atoms with van der Waals surface area (Å²) in [6.45, 7) is 8.51. The van der Waals surface area contributed by atoms with Crippen LogP contribution in [-0.2, 0) is 0 Å². The molecule has 0 radical (unpaired) electrons. The molecule has 0 spiro atoms. The number of aromatic nitrogens is 3. The quantitative estimate of drug-likeness (QED) is 0.552. The summed E-state index contributed by atoms with van der Waals surface area (Å²) in [6.07, 6.45) is 7.33. The number of hydrogen-bond donors (Lipinski definition) is 1. The number of benzene rings is 1. The van der Waals surface area contributed by atoms with Crippen LogP contribution in [0.1, 0.15) is 50.9 Å². The maximum atomic E-state index is 4.72. The molecule has 132 valence electrons. The highest BCUT2D eigenvalue weighted by Crippen LogP contribution is 2.26. The standard InChI is InChI=1S/C16H15N3.C6H14/c1-11-14(9-6-10-17-11)16-18-12(2)15(19-16)13-7-4-3-5-8-13;1-3-5-6-4-2/h3-10H,1-2H3,(H,18,19);3-6H2,1-2H3. The molecule has 0 atom stereocenters. The predicted molar refractivity (Wildman–Crippen MR) is 107 cm³/mol. The molecule has 0 bridgehead atoms. The largest absolute Gasteiger partial charge is 0.341 e. The second-order valence-electron chi connectivity index (χ2n) is 6.27. The molecule has 0 aliphatic heterocycles. The van der Waals surface area contributed by atoms with Crippen molar-refractivity contribution in [2.75, 3.05) is 0 Å². The molecule has 3 heteroatoms. The average Bonchev–Trinajstić information content (AvgIpc) is 3.03. The molecule has 1 aromatic carbocycles. The molecule has 2 heterocycles. The number of rotatable bonds is 5. The van der Waals surface area contributed by atoms with Crippen LogP contribution in [0.25, 0.3) is 22.6 Å². The van der Waals surface area contributed by atoms with Crippen molar-refractivity contribution >= 4 is 0 Å². The molecule has 0 saturated heterocycles. The van der Waals surface area contributed by atoms with Gasteiger partial charge in [-0.1, -0.05) is 69.9 Å². The number of imidazole rings is 1. The van der Waals surface area contributed by atoms with E-state index in [0.29, 0.717) is 0 Å². The zero-order valence-corrected chi connectivity index (χ0v) is 15.8. The van der Waals surface area contributed by atoms with Crippen LogP contribution in [0.3, 0.4) is 0 Å². The summed E-state index contributed by atoms with van der Waals surface area (Å²) >= 11 is 0. The highest BCUT2D eigenvalue weighted by Gasteiger charge is 2.11. The fourth-order valence-corrected chi connectivity index (χ4v) is 2.70. The van der Waals surface area contributed by atoms with Gasteiger partial charge in [-0.2, -0.15) is 0 Å². The summed E-state index contributed by atoms with van der Waals surface area (Å²) in [5.74, 6) is 0.877. The normalized spacial score (nSPS) is 10.2. The molecule has 3 rings (SSSR count). The molecule has 25 heavy (non-hydrogen) atoms. The third-order valence-electron chi connectivity index (χ3n) is 4.15. The van der Waals surface area contributed by atoms with Crippen LogP contribution in [-0.4, -0.2) is 15.0 Å². The van der Waals surface area contributed by atoms with Crippen LogP contribution >= 0.6 is 0 Å². The molecule has 0 saturated carbocycles. The third-order valence-corrected chi connectivity index (χ3v) is 4.15. The third kappa shape index (κ3) is 5.28. The number of nitrogens with zero attached hydrogens (tertiary/aromatic N) is 2. The summed E-state index contributed by atoms with van der Waals surface area (Å²) in [5, 5.41) is 0. The van der Waals surface area contributed by atoms with E-state index in [4.69, 9.17) is 4.98 Å². The van der Waals surface area contributed by atoms with Crippen LogP contribution < -0.4 is 0 Å². The van der Waals surface area contributed by atoms with Crippen molar-refractivity contribution in [3.63, 3.8) is 0 Å². The molecule has 1 N–H and O–H groups in total. The van der Waals surface area contributed by atoms with Crippen molar-refractivity contribution in [3.05, 3.63) is 60.0 Å². The van der Waals surface area contributed by atoms with Gasteiger partial charge in [0.25, 0.3) is 0 Å².